The van der Waals surface area contributed by atoms with E-state index in [1.54, 1.807) is 16.8 Å². The molecule has 0 fully saturated rings. The molecular formula is C13H8Br2ClN5. The Morgan fingerprint density at radius 2 is 1.90 bits per heavy atom. The maximum Gasteiger partial charge on any atom is 0.187 e. The molecule has 0 atom stereocenters. The third kappa shape index (κ3) is 2.81. The fourth-order valence-electron chi connectivity index (χ4n) is 1.86. The fraction of sp³-hybridized carbons (Fsp3) is 0. The number of rotatable bonds is 2. The molecule has 5 nitrogen and oxygen atoms in total. The number of aromatic nitrogens is 4. The Morgan fingerprint density at radius 1 is 1.10 bits per heavy atom. The van der Waals surface area contributed by atoms with Crippen molar-refractivity contribution in [2.24, 2.45) is 0 Å². The topological polar surface area (TPSA) is 69.6 Å². The Kier molecular flexibility index (Phi) is 3.97. The number of anilines is 1. The maximum atomic E-state index is 5.95. The first-order valence-corrected chi connectivity index (χ1v) is 7.82. The number of hydrogen-bond acceptors (Lipinski definition) is 4. The van der Waals surface area contributed by atoms with E-state index in [1.165, 1.54) is 0 Å². The lowest BCUT2D eigenvalue weighted by atomic mass is 10.2. The first kappa shape index (κ1) is 14.5. The van der Waals surface area contributed by atoms with Crippen LogP contribution in [-0.2, 0) is 0 Å². The molecule has 3 aromatic rings. The van der Waals surface area contributed by atoms with Crippen LogP contribution in [0.1, 0.15) is 0 Å². The van der Waals surface area contributed by atoms with Crippen LogP contribution >= 0.6 is 43.5 Å². The fourth-order valence-corrected chi connectivity index (χ4v) is 2.74. The standard InChI is InChI=1S/C13H8Br2ClN5/c14-8-2-3-9(15)12(6-8)21-13(18-19-20-21)7-1-4-10(16)11(17)5-7/h1-6H,17H2. The predicted octanol–water partition coefficient (Wildman–Crippen LogP) is 4.09. The Hall–Kier alpha value is -1.44. The van der Waals surface area contributed by atoms with Crippen molar-refractivity contribution in [1.29, 1.82) is 0 Å². The molecule has 0 saturated carbocycles. The number of benzene rings is 2. The second kappa shape index (κ2) is 5.75. The normalized spacial score (nSPS) is 10.8. The quantitative estimate of drug-likeness (QED) is 0.623. The summed E-state index contributed by atoms with van der Waals surface area (Å²) in [6.45, 7) is 0. The van der Waals surface area contributed by atoms with Crippen LogP contribution < -0.4 is 5.73 Å². The average Bonchev–Trinajstić information content (AvgIpc) is 2.93. The molecule has 0 aliphatic heterocycles. The SMILES string of the molecule is Nc1cc(-c2nnnn2-c2cc(Br)ccc2Br)ccc1Cl. The van der Waals surface area contributed by atoms with Crippen LogP contribution in [0.15, 0.2) is 45.3 Å². The maximum absolute atomic E-state index is 5.95. The summed E-state index contributed by atoms with van der Waals surface area (Å²) in [5, 5.41) is 12.4. The van der Waals surface area contributed by atoms with Crippen molar-refractivity contribution >= 4 is 49.1 Å². The molecular weight excluding hydrogens is 421 g/mol. The molecule has 0 aliphatic carbocycles. The zero-order valence-corrected chi connectivity index (χ0v) is 14.4. The van der Waals surface area contributed by atoms with Gasteiger partial charge in [-0.3, -0.25) is 0 Å². The van der Waals surface area contributed by atoms with Crippen molar-refractivity contribution in [2.45, 2.75) is 0 Å². The molecule has 0 saturated heterocycles. The van der Waals surface area contributed by atoms with Crippen molar-refractivity contribution in [3.8, 4) is 17.1 Å². The molecule has 3 rings (SSSR count). The highest BCUT2D eigenvalue weighted by Gasteiger charge is 2.14. The van der Waals surface area contributed by atoms with E-state index in [2.05, 4.69) is 47.4 Å². The monoisotopic (exact) mass is 427 g/mol. The van der Waals surface area contributed by atoms with E-state index in [9.17, 15) is 0 Å². The molecule has 2 aromatic carbocycles. The lowest BCUT2D eigenvalue weighted by Crippen LogP contribution is -2.01. The van der Waals surface area contributed by atoms with Crippen LogP contribution in [0.2, 0.25) is 5.02 Å². The summed E-state index contributed by atoms with van der Waals surface area (Å²) in [6.07, 6.45) is 0. The van der Waals surface area contributed by atoms with Crippen LogP contribution in [0, 0.1) is 0 Å². The highest BCUT2D eigenvalue weighted by Crippen LogP contribution is 2.30. The van der Waals surface area contributed by atoms with E-state index in [-0.39, 0.29) is 0 Å². The first-order chi connectivity index (χ1) is 10.1. The summed E-state index contributed by atoms with van der Waals surface area (Å²) in [6, 6.07) is 11.1. The van der Waals surface area contributed by atoms with Crippen LogP contribution in [0.3, 0.4) is 0 Å². The summed E-state index contributed by atoms with van der Waals surface area (Å²) in [4.78, 5) is 0. The molecule has 0 radical (unpaired) electrons. The predicted molar refractivity (Wildman–Crippen MR) is 89.4 cm³/mol. The highest BCUT2D eigenvalue weighted by molar-refractivity contribution is 9.11. The summed E-state index contributed by atoms with van der Waals surface area (Å²) >= 11 is 12.9. The van der Waals surface area contributed by atoms with Crippen molar-refractivity contribution in [1.82, 2.24) is 20.2 Å². The number of nitrogen functional groups attached to an aromatic ring is 1. The van der Waals surface area contributed by atoms with E-state index < -0.39 is 0 Å². The summed E-state index contributed by atoms with van der Waals surface area (Å²) in [5.41, 5.74) is 7.93. The second-order valence-corrected chi connectivity index (χ2v) is 6.42. The molecule has 0 bridgehead atoms. The smallest absolute Gasteiger partial charge is 0.187 e. The summed E-state index contributed by atoms with van der Waals surface area (Å²) in [5.74, 6) is 0.581. The molecule has 8 heteroatoms. The minimum atomic E-state index is 0.483. The van der Waals surface area contributed by atoms with Crippen LogP contribution in [0.5, 0.6) is 0 Å². The van der Waals surface area contributed by atoms with Crippen LogP contribution in [0.4, 0.5) is 5.69 Å². The number of tetrazole rings is 1. The summed E-state index contributed by atoms with van der Waals surface area (Å²) < 4.78 is 3.44. The molecule has 1 heterocycles. The molecule has 21 heavy (non-hydrogen) atoms. The Balaban J connectivity index is 2.17. The molecule has 106 valence electrons. The van der Waals surface area contributed by atoms with Gasteiger partial charge in [0.25, 0.3) is 0 Å². The van der Waals surface area contributed by atoms with Crippen LogP contribution in [0.25, 0.3) is 17.1 Å². The molecule has 0 unspecified atom stereocenters. The van der Waals surface area contributed by atoms with E-state index in [0.29, 0.717) is 16.5 Å². The van der Waals surface area contributed by atoms with E-state index >= 15 is 0 Å². The molecule has 0 amide bonds. The number of halogens is 3. The van der Waals surface area contributed by atoms with Crippen LogP contribution in [-0.4, -0.2) is 20.2 Å². The van der Waals surface area contributed by atoms with Crippen molar-refractivity contribution in [2.75, 3.05) is 5.73 Å². The largest absolute Gasteiger partial charge is 0.398 e. The number of nitrogens with two attached hydrogens (primary N) is 1. The minimum Gasteiger partial charge on any atom is -0.398 e. The summed E-state index contributed by atoms with van der Waals surface area (Å²) in [7, 11) is 0. The average molecular weight is 430 g/mol. The van der Waals surface area contributed by atoms with Crippen molar-refractivity contribution in [3.05, 3.63) is 50.4 Å². The Bertz CT molecular complexity index is 818. The van der Waals surface area contributed by atoms with E-state index in [1.807, 2.05) is 24.3 Å². The van der Waals surface area contributed by atoms with Gasteiger partial charge in [-0.1, -0.05) is 27.5 Å². The molecule has 0 aliphatic rings. The van der Waals surface area contributed by atoms with Gasteiger partial charge in [-0.25, -0.2) is 0 Å². The van der Waals surface area contributed by atoms with Gasteiger partial charge < -0.3 is 5.73 Å². The van der Waals surface area contributed by atoms with Gasteiger partial charge in [0.1, 0.15) is 0 Å². The first-order valence-electron chi connectivity index (χ1n) is 5.85. The minimum absolute atomic E-state index is 0.483. The second-order valence-electron chi connectivity index (χ2n) is 4.25. The molecule has 0 spiro atoms. The van der Waals surface area contributed by atoms with E-state index in [0.717, 1.165) is 20.2 Å². The third-order valence-corrected chi connectivity index (χ3v) is 4.37. The van der Waals surface area contributed by atoms with Crippen molar-refractivity contribution in [3.63, 3.8) is 0 Å². The number of hydrogen-bond donors (Lipinski definition) is 1. The van der Waals surface area contributed by atoms with E-state index in [4.69, 9.17) is 17.3 Å². The zero-order valence-electron chi connectivity index (χ0n) is 10.5. The van der Waals surface area contributed by atoms with Gasteiger partial charge in [0.05, 0.1) is 16.4 Å². The lowest BCUT2D eigenvalue weighted by molar-refractivity contribution is 0.788. The van der Waals surface area contributed by atoms with Gasteiger partial charge in [0, 0.05) is 14.5 Å². The number of nitrogens with zero attached hydrogens (tertiary/aromatic N) is 4. The lowest BCUT2D eigenvalue weighted by Gasteiger charge is -2.08. The highest BCUT2D eigenvalue weighted by atomic mass is 79.9. The van der Waals surface area contributed by atoms with Gasteiger partial charge in [0.15, 0.2) is 5.82 Å². The van der Waals surface area contributed by atoms with Gasteiger partial charge in [0.2, 0.25) is 0 Å². The van der Waals surface area contributed by atoms with Gasteiger partial charge in [-0.15, -0.1) is 5.10 Å². The van der Waals surface area contributed by atoms with Gasteiger partial charge >= 0.3 is 0 Å². The Morgan fingerprint density at radius 3 is 2.67 bits per heavy atom. The zero-order chi connectivity index (χ0) is 15.0. The van der Waals surface area contributed by atoms with Gasteiger partial charge in [-0.05, 0) is 62.8 Å². The molecule has 2 N–H and O–H groups in total. The third-order valence-electron chi connectivity index (χ3n) is 2.86. The van der Waals surface area contributed by atoms with Crippen molar-refractivity contribution < 1.29 is 0 Å². The van der Waals surface area contributed by atoms with Gasteiger partial charge in [-0.2, -0.15) is 4.68 Å². The molecule has 1 aromatic heterocycles. The Labute approximate surface area is 142 Å².